The molecule has 4 aromatic carbocycles. The number of fused-ring (bicyclic) bond motifs is 1. The number of carbonyl (C=O) groups excluding carboxylic acids is 2. The molecule has 2 amide bonds. The second-order valence-corrected chi connectivity index (χ2v) is 14.5. The third-order valence-corrected chi connectivity index (χ3v) is 10.5. The van der Waals surface area contributed by atoms with Gasteiger partial charge in [0.15, 0.2) is 11.8 Å². The summed E-state index contributed by atoms with van der Waals surface area (Å²) in [4.78, 5) is 37.1. The van der Waals surface area contributed by atoms with Gasteiger partial charge in [-0.2, -0.15) is 10.1 Å². The van der Waals surface area contributed by atoms with Crippen LogP contribution < -0.4 is 26.8 Å². The normalized spacial score (nSPS) is 12.9. The number of nitrogen functional groups attached to an aromatic ring is 1. The largest absolute Gasteiger partial charge is 0.497 e. The molecule has 3 heterocycles. The van der Waals surface area contributed by atoms with Crippen molar-refractivity contribution in [3.63, 3.8) is 0 Å². The molecule has 0 aliphatic heterocycles. The van der Waals surface area contributed by atoms with E-state index in [-0.39, 0.29) is 12.3 Å². The molecule has 0 spiro atoms. The molecule has 3 aromatic heterocycles. The summed E-state index contributed by atoms with van der Waals surface area (Å²) in [5.74, 6) is 0.937. The van der Waals surface area contributed by atoms with Gasteiger partial charge in [0.05, 0.1) is 24.9 Å². The van der Waals surface area contributed by atoms with Gasteiger partial charge in [0.25, 0.3) is 0 Å². The molecular weight excluding hydrogens is 733 g/mol. The van der Waals surface area contributed by atoms with E-state index in [0.29, 0.717) is 49.8 Å². The molecule has 0 unspecified atom stereocenters. The number of benzene rings is 4. The van der Waals surface area contributed by atoms with E-state index in [9.17, 15) is 9.59 Å². The van der Waals surface area contributed by atoms with Crippen molar-refractivity contribution in [3.05, 3.63) is 143 Å². The minimum absolute atomic E-state index is 0.204. The fourth-order valence-corrected chi connectivity index (χ4v) is 7.24. The van der Waals surface area contributed by atoms with Crippen LogP contribution in [0.5, 0.6) is 5.75 Å². The molecule has 3 atom stereocenters. The summed E-state index contributed by atoms with van der Waals surface area (Å²) in [5.41, 5.74) is 20.1. The number of hydrogen-bond donors (Lipinski definition) is 5. The number of imidazole rings is 1. The molecule has 0 aliphatic carbocycles. The van der Waals surface area contributed by atoms with Gasteiger partial charge in [0, 0.05) is 43.6 Å². The molecule has 0 saturated carbocycles. The minimum atomic E-state index is -0.994. The summed E-state index contributed by atoms with van der Waals surface area (Å²) in [7, 11) is 1.61. The molecule has 298 valence electrons. The van der Waals surface area contributed by atoms with Crippen molar-refractivity contribution in [2.75, 3.05) is 12.8 Å². The Morgan fingerprint density at radius 1 is 0.931 bits per heavy atom. The van der Waals surface area contributed by atoms with Crippen molar-refractivity contribution in [2.24, 2.45) is 5.73 Å². The fraction of sp³-hybridized carbons (Fsp3) is 0.273. The van der Waals surface area contributed by atoms with Gasteiger partial charge >= 0.3 is 0 Å². The number of aromatic nitrogens is 6. The average molecular weight is 781 g/mol. The number of nitrogens with one attached hydrogen (secondary N) is 3. The third-order valence-electron chi connectivity index (χ3n) is 10.5. The Bertz CT molecular complexity index is 2450. The van der Waals surface area contributed by atoms with Gasteiger partial charge in [-0.25, -0.2) is 4.98 Å². The Morgan fingerprint density at radius 3 is 2.41 bits per heavy atom. The highest BCUT2D eigenvalue weighted by atomic mass is 16.5. The smallest absolute Gasteiger partial charge is 0.249 e. The molecule has 0 bridgehead atoms. The van der Waals surface area contributed by atoms with Crippen LogP contribution in [0, 0.1) is 13.8 Å². The summed E-state index contributed by atoms with van der Waals surface area (Å²) in [6.45, 7) is 4.47. The number of anilines is 1. The number of H-pyrrole nitrogens is 1. The summed E-state index contributed by atoms with van der Waals surface area (Å²) in [5, 5.41) is 18.6. The van der Waals surface area contributed by atoms with Gasteiger partial charge in [0.1, 0.15) is 17.8 Å². The van der Waals surface area contributed by atoms with Gasteiger partial charge in [-0.1, -0.05) is 71.9 Å². The first-order chi connectivity index (χ1) is 28.1. The Balaban J connectivity index is 1.14. The van der Waals surface area contributed by atoms with E-state index >= 15 is 0 Å². The highest BCUT2D eigenvalue weighted by Crippen LogP contribution is 2.26. The Kier molecular flexibility index (Phi) is 12.2. The number of amides is 2. The number of aromatic amines is 1. The number of carbonyl (C=O) groups is 2. The first kappa shape index (κ1) is 39.4. The minimum Gasteiger partial charge on any atom is -0.497 e. The monoisotopic (exact) mass is 780 g/mol. The molecule has 7 rings (SSSR count). The Morgan fingerprint density at radius 2 is 1.69 bits per heavy atom. The maximum Gasteiger partial charge on any atom is 0.249 e. The van der Waals surface area contributed by atoms with E-state index in [0.717, 1.165) is 49.8 Å². The van der Waals surface area contributed by atoms with Crippen molar-refractivity contribution in [2.45, 2.75) is 70.6 Å². The van der Waals surface area contributed by atoms with E-state index < -0.39 is 29.9 Å². The zero-order valence-corrected chi connectivity index (χ0v) is 32.8. The second-order valence-electron chi connectivity index (χ2n) is 14.5. The second kappa shape index (κ2) is 18.0. The zero-order valence-electron chi connectivity index (χ0n) is 32.8. The molecular formula is C44H48N10O4. The van der Waals surface area contributed by atoms with Crippen molar-refractivity contribution in [1.29, 1.82) is 0 Å². The standard InChI is InChI=1S/C44H48N10O4/c1-27-21-33(57-3)22-28(2)34(27)25-38(49-41(55)36(45)12-8-19-54-20-18-47-44(54)46)42(56)50-39(24-32-11-7-13-37-35(32)26-48-52-37)43-51-40(53-58-43)23-29-14-16-31(17-15-29)30-9-5-4-6-10-30/h4-7,9-11,13-18,20-22,26,36,38-39H,8,12,19,23-25,45H2,1-3H3,(H2,46,47)(H,48,52)(H,49,55)(H,50,56)/t36-,38+,39+/m1/s1. The van der Waals surface area contributed by atoms with Crippen LogP contribution >= 0.6 is 0 Å². The van der Waals surface area contributed by atoms with Crippen LogP contribution in [0.4, 0.5) is 5.95 Å². The van der Waals surface area contributed by atoms with Crippen LogP contribution in [-0.4, -0.2) is 60.9 Å². The number of rotatable bonds is 17. The third kappa shape index (κ3) is 9.41. The highest BCUT2D eigenvalue weighted by Gasteiger charge is 2.30. The van der Waals surface area contributed by atoms with Crippen LogP contribution in [0.25, 0.3) is 22.0 Å². The van der Waals surface area contributed by atoms with Crippen molar-refractivity contribution >= 4 is 28.7 Å². The molecule has 7 N–H and O–H groups in total. The van der Waals surface area contributed by atoms with E-state index in [2.05, 4.69) is 55.2 Å². The van der Waals surface area contributed by atoms with Gasteiger partial charge in [-0.05, 0) is 83.8 Å². The molecule has 14 nitrogen and oxygen atoms in total. The molecule has 0 saturated heterocycles. The maximum absolute atomic E-state index is 14.6. The first-order valence-corrected chi connectivity index (χ1v) is 19.3. The maximum atomic E-state index is 14.6. The van der Waals surface area contributed by atoms with Gasteiger partial charge in [-0.3, -0.25) is 14.7 Å². The zero-order chi connectivity index (χ0) is 40.6. The SMILES string of the molecule is COc1cc(C)c(C[C@H](NC(=O)[C@H](N)CCCn2ccnc2N)C(=O)N[C@@H](Cc2cccc3[nH]ncc23)c2nc(Cc3ccc(-c4ccccc4)cc3)no2)c(C)c1. The number of methoxy groups -OCH3 is 1. The summed E-state index contributed by atoms with van der Waals surface area (Å²) in [6, 6.07) is 25.5. The van der Waals surface area contributed by atoms with Crippen molar-refractivity contribution in [3.8, 4) is 16.9 Å². The van der Waals surface area contributed by atoms with E-state index in [1.807, 2.05) is 74.5 Å². The lowest BCUT2D eigenvalue weighted by Gasteiger charge is -2.25. The van der Waals surface area contributed by atoms with Crippen molar-refractivity contribution in [1.82, 2.24) is 40.5 Å². The summed E-state index contributed by atoms with van der Waals surface area (Å²) in [6.07, 6.45) is 7.05. The first-order valence-electron chi connectivity index (χ1n) is 19.3. The summed E-state index contributed by atoms with van der Waals surface area (Å²) < 4.78 is 13.2. The molecule has 58 heavy (non-hydrogen) atoms. The molecule has 0 radical (unpaired) electrons. The van der Waals surface area contributed by atoms with E-state index in [4.69, 9.17) is 25.7 Å². The number of hydrogen-bond acceptors (Lipinski definition) is 10. The van der Waals surface area contributed by atoms with Crippen LogP contribution in [0.15, 0.2) is 108 Å². The lowest BCUT2D eigenvalue weighted by atomic mass is 9.94. The Hall–Kier alpha value is -6.80. The average Bonchev–Trinajstić information content (AvgIpc) is 4.01. The fourth-order valence-electron chi connectivity index (χ4n) is 7.24. The number of aryl methyl sites for hydroxylation is 3. The van der Waals surface area contributed by atoms with E-state index in [1.54, 1.807) is 30.3 Å². The van der Waals surface area contributed by atoms with Crippen LogP contribution in [0.1, 0.15) is 58.4 Å². The predicted octanol–water partition coefficient (Wildman–Crippen LogP) is 5.54. The predicted molar refractivity (Wildman–Crippen MR) is 222 cm³/mol. The number of nitrogens with two attached hydrogens (primary N) is 2. The highest BCUT2D eigenvalue weighted by molar-refractivity contribution is 5.90. The lowest BCUT2D eigenvalue weighted by molar-refractivity contribution is -0.130. The van der Waals surface area contributed by atoms with Crippen LogP contribution in [-0.2, 0) is 35.4 Å². The number of nitrogens with zero attached hydrogens (tertiary/aromatic N) is 5. The van der Waals surface area contributed by atoms with Crippen LogP contribution in [0.2, 0.25) is 0 Å². The van der Waals surface area contributed by atoms with Gasteiger partial charge in [0.2, 0.25) is 17.7 Å². The number of ether oxygens (including phenoxy) is 1. The van der Waals surface area contributed by atoms with Gasteiger partial charge < -0.3 is 35.9 Å². The van der Waals surface area contributed by atoms with Gasteiger partial charge in [-0.15, -0.1) is 0 Å². The quantitative estimate of drug-likeness (QED) is 0.0780. The van der Waals surface area contributed by atoms with Crippen LogP contribution in [0.3, 0.4) is 0 Å². The molecule has 0 fully saturated rings. The Labute approximate surface area is 336 Å². The molecule has 14 heteroatoms. The lowest BCUT2D eigenvalue weighted by Crippen LogP contribution is -2.53. The molecule has 7 aromatic rings. The summed E-state index contributed by atoms with van der Waals surface area (Å²) >= 11 is 0. The van der Waals surface area contributed by atoms with E-state index in [1.165, 1.54) is 0 Å². The van der Waals surface area contributed by atoms with Crippen molar-refractivity contribution < 1.29 is 18.8 Å². The topological polar surface area (TPSA) is 205 Å². The molecule has 0 aliphatic rings.